The largest absolute Gasteiger partial charge is 0.481 e. The molecule has 0 bridgehead atoms. The van der Waals surface area contributed by atoms with E-state index in [4.69, 9.17) is 18.9 Å². The summed E-state index contributed by atoms with van der Waals surface area (Å²) < 4.78 is 24.1. The molecule has 6 rings (SSSR count). The molecule has 6 aliphatic rings. The van der Waals surface area contributed by atoms with Crippen molar-refractivity contribution in [1.82, 2.24) is 0 Å². The van der Waals surface area contributed by atoms with E-state index in [2.05, 4.69) is 41.2 Å². The number of rotatable bonds is 11. The summed E-state index contributed by atoms with van der Waals surface area (Å²) in [6.45, 7) is 15.9. The number of aliphatic carboxylic acids is 1. The summed E-state index contributed by atoms with van der Waals surface area (Å²) in [4.78, 5) is 13.7. The highest BCUT2D eigenvalue weighted by Gasteiger charge is 2.68. The standard InChI is InChI=1S/C41H66O13/c1-20(2)25(43)10-8-21(3)22-13-17-41(37(49)50)24-9-11-28-38(4,5)29(14-15-39(28,6)23(24)12-16-40(22,41)7)53-36-34(30(45)26(44)19-51-36)54-35-33(48)32(47)31(46)27(18-42)52-35/h21-22,25-36,42-48H,1,8-19H2,2-7H3,(H,49,50)/t21-,22-,25+,26+,27-,28+,29+,30+,31+,32+,33-,34-,35+,36+,39-,40-,41+/m1/s1. The van der Waals surface area contributed by atoms with Gasteiger partial charge in [0.2, 0.25) is 0 Å². The Hall–Kier alpha value is -1.49. The van der Waals surface area contributed by atoms with Gasteiger partial charge in [-0.1, -0.05) is 57.9 Å². The number of carbonyl (C=O) groups is 1. The minimum atomic E-state index is -1.72. The number of carboxylic acid groups (broad SMARTS) is 1. The van der Waals surface area contributed by atoms with Gasteiger partial charge in [-0.3, -0.25) is 4.79 Å². The van der Waals surface area contributed by atoms with Crippen molar-refractivity contribution in [1.29, 1.82) is 0 Å². The third kappa shape index (κ3) is 6.64. The van der Waals surface area contributed by atoms with Gasteiger partial charge < -0.3 is 59.8 Å². The van der Waals surface area contributed by atoms with Gasteiger partial charge in [-0.25, -0.2) is 0 Å². The molecule has 0 aromatic heterocycles. The zero-order valence-corrected chi connectivity index (χ0v) is 32.9. The Morgan fingerprint density at radius 1 is 0.889 bits per heavy atom. The summed E-state index contributed by atoms with van der Waals surface area (Å²) in [7, 11) is 0. The second kappa shape index (κ2) is 15.4. The molecule has 2 saturated carbocycles. The number of ether oxygens (including phenoxy) is 4. The van der Waals surface area contributed by atoms with Crippen molar-refractivity contribution in [2.45, 2.75) is 173 Å². The molecule has 8 N–H and O–H groups in total. The van der Waals surface area contributed by atoms with Crippen LogP contribution in [0.5, 0.6) is 0 Å². The van der Waals surface area contributed by atoms with Gasteiger partial charge >= 0.3 is 5.97 Å². The van der Waals surface area contributed by atoms with E-state index < -0.39 is 90.2 Å². The molecule has 4 fully saturated rings. The van der Waals surface area contributed by atoms with Crippen LogP contribution in [-0.2, 0) is 23.7 Å². The molecule has 4 aliphatic carbocycles. The molecule has 0 aromatic carbocycles. The predicted molar refractivity (Wildman–Crippen MR) is 195 cm³/mol. The van der Waals surface area contributed by atoms with Crippen LogP contribution in [0, 0.1) is 39.4 Å². The lowest BCUT2D eigenvalue weighted by molar-refractivity contribution is -0.365. The number of aliphatic hydroxyl groups excluding tert-OH is 7. The van der Waals surface area contributed by atoms with E-state index in [1.807, 2.05) is 6.92 Å². The van der Waals surface area contributed by atoms with E-state index in [1.165, 1.54) is 5.57 Å². The van der Waals surface area contributed by atoms with Gasteiger partial charge in [-0.15, -0.1) is 0 Å². The van der Waals surface area contributed by atoms with E-state index in [-0.39, 0.29) is 35.9 Å². The van der Waals surface area contributed by atoms with E-state index in [9.17, 15) is 45.6 Å². The van der Waals surface area contributed by atoms with Crippen LogP contribution in [0.4, 0.5) is 0 Å². The second-order valence-corrected chi connectivity index (χ2v) is 18.7. The van der Waals surface area contributed by atoms with Gasteiger partial charge in [0.15, 0.2) is 12.6 Å². The monoisotopic (exact) mass is 766 g/mol. The first-order valence-corrected chi connectivity index (χ1v) is 20.1. The summed E-state index contributed by atoms with van der Waals surface area (Å²) >= 11 is 0. The van der Waals surface area contributed by atoms with Crippen LogP contribution in [0.3, 0.4) is 0 Å². The molecule has 13 nitrogen and oxygen atoms in total. The van der Waals surface area contributed by atoms with Crippen molar-refractivity contribution in [3.8, 4) is 0 Å². The van der Waals surface area contributed by atoms with E-state index in [1.54, 1.807) is 0 Å². The van der Waals surface area contributed by atoms with Crippen LogP contribution in [0.15, 0.2) is 23.3 Å². The van der Waals surface area contributed by atoms with Gasteiger partial charge in [-0.05, 0) is 105 Å². The Balaban J connectivity index is 1.23. The highest BCUT2D eigenvalue weighted by Crippen LogP contribution is 2.73. The van der Waals surface area contributed by atoms with E-state index >= 15 is 0 Å². The molecule has 2 saturated heterocycles. The fraction of sp³-hybridized carbons (Fsp3) is 0.878. The number of hydrogen-bond donors (Lipinski definition) is 8. The van der Waals surface area contributed by atoms with Gasteiger partial charge in [0.25, 0.3) is 0 Å². The number of allylic oxidation sites excluding steroid dienone is 1. The summed E-state index contributed by atoms with van der Waals surface area (Å²) in [5, 5.41) is 84.2. The first kappa shape index (κ1) is 42.1. The SMILES string of the molecule is C=C(C)[C@@H](O)CC[C@@H](C)[C@H]1CC[C@@]2(C(=O)O)C3=C(CC[C@]12C)[C@@]1(C)CC[C@H](O[C@@H]2OC[C@H](O)[C@H](O)[C@H]2O[C@@H]2O[C@H](CO)[C@H](O)[C@H](O)[C@H]2O)C(C)(C)[C@@H]1CC3. The molecule has 2 aliphatic heterocycles. The van der Waals surface area contributed by atoms with Crippen molar-refractivity contribution in [3.63, 3.8) is 0 Å². The summed E-state index contributed by atoms with van der Waals surface area (Å²) in [6, 6.07) is 0. The molecular formula is C41H66O13. The Morgan fingerprint density at radius 3 is 2.24 bits per heavy atom. The molecular weight excluding hydrogens is 700 g/mol. The minimum absolute atomic E-state index is 0.140. The topological polar surface area (TPSA) is 216 Å². The molecule has 0 spiro atoms. The minimum Gasteiger partial charge on any atom is -0.481 e. The normalized spacial score (nSPS) is 47.3. The van der Waals surface area contributed by atoms with Crippen molar-refractivity contribution in [2.24, 2.45) is 39.4 Å². The third-order valence-electron chi connectivity index (χ3n) is 15.6. The molecule has 17 atom stereocenters. The van der Waals surface area contributed by atoms with Gasteiger partial charge in [-0.2, -0.15) is 0 Å². The van der Waals surface area contributed by atoms with Gasteiger partial charge in [0, 0.05) is 0 Å². The lowest BCUT2D eigenvalue weighted by Crippen LogP contribution is -2.64. The zero-order valence-electron chi connectivity index (χ0n) is 32.9. The molecule has 2 heterocycles. The molecule has 308 valence electrons. The fourth-order valence-electron chi connectivity index (χ4n) is 12.4. The first-order valence-electron chi connectivity index (χ1n) is 20.1. The van der Waals surface area contributed by atoms with Crippen LogP contribution in [0.25, 0.3) is 0 Å². The first-order chi connectivity index (χ1) is 25.3. The molecule has 0 amide bonds. The number of hydrogen-bond acceptors (Lipinski definition) is 12. The van der Waals surface area contributed by atoms with Crippen molar-refractivity contribution < 1.29 is 64.6 Å². The Labute approximate surface area is 319 Å². The lowest BCUT2D eigenvalue weighted by atomic mass is 9.43. The van der Waals surface area contributed by atoms with Crippen LogP contribution in [0.1, 0.15) is 106 Å². The highest BCUT2D eigenvalue weighted by atomic mass is 16.8. The quantitative estimate of drug-likeness (QED) is 0.142. The van der Waals surface area contributed by atoms with Crippen LogP contribution < -0.4 is 0 Å². The lowest BCUT2D eigenvalue weighted by Gasteiger charge is -2.62. The maximum Gasteiger partial charge on any atom is 0.314 e. The molecule has 0 radical (unpaired) electrons. The van der Waals surface area contributed by atoms with Crippen molar-refractivity contribution >= 4 is 5.97 Å². The smallest absolute Gasteiger partial charge is 0.314 e. The van der Waals surface area contributed by atoms with Crippen LogP contribution in [0.2, 0.25) is 0 Å². The molecule has 13 heteroatoms. The Bertz CT molecular complexity index is 1430. The van der Waals surface area contributed by atoms with Gasteiger partial charge in [0.1, 0.15) is 42.7 Å². The number of carboxylic acids is 1. The maximum atomic E-state index is 13.7. The summed E-state index contributed by atoms with van der Waals surface area (Å²) in [5.74, 6) is -0.0798. The maximum absolute atomic E-state index is 13.7. The number of fused-ring (bicyclic) bond motifs is 4. The highest BCUT2D eigenvalue weighted by molar-refractivity contribution is 5.82. The average Bonchev–Trinajstić information content (AvgIpc) is 3.45. The third-order valence-corrected chi connectivity index (χ3v) is 15.6. The molecule has 0 aromatic rings. The molecule has 0 unspecified atom stereocenters. The number of aliphatic hydroxyl groups is 7. The molecule has 54 heavy (non-hydrogen) atoms. The van der Waals surface area contributed by atoms with Gasteiger partial charge in [0.05, 0.1) is 30.8 Å². The Morgan fingerprint density at radius 2 is 1.59 bits per heavy atom. The van der Waals surface area contributed by atoms with E-state index in [0.717, 1.165) is 49.7 Å². The van der Waals surface area contributed by atoms with Crippen LogP contribution in [-0.4, -0.2) is 128 Å². The summed E-state index contributed by atoms with van der Waals surface area (Å²) in [6.07, 6.45) is -6.64. The summed E-state index contributed by atoms with van der Waals surface area (Å²) in [5.41, 5.74) is 1.17. The van der Waals surface area contributed by atoms with Crippen molar-refractivity contribution in [2.75, 3.05) is 13.2 Å². The fourth-order valence-corrected chi connectivity index (χ4v) is 12.4. The predicted octanol–water partition coefficient (Wildman–Crippen LogP) is 2.80. The zero-order chi connectivity index (χ0) is 39.7. The van der Waals surface area contributed by atoms with Crippen LogP contribution >= 0.6 is 0 Å². The average molecular weight is 767 g/mol. The second-order valence-electron chi connectivity index (χ2n) is 18.7. The van der Waals surface area contributed by atoms with Crippen molar-refractivity contribution in [3.05, 3.63) is 23.3 Å². The van der Waals surface area contributed by atoms with E-state index in [0.29, 0.717) is 25.7 Å². The Kier molecular flexibility index (Phi) is 12.0.